The summed E-state index contributed by atoms with van der Waals surface area (Å²) in [6.45, 7) is 8.48. The fourth-order valence-electron chi connectivity index (χ4n) is 5.67. The minimum atomic E-state index is -4.02. The van der Waals surface area contributed by atoms with Crippen LogP contribution in [0.1, 0.15) is 40.0 Å². The van der Waals surface area contributed by atoms with Gasteiger partial charge in [0.2, 0.25) is 0 Å². The van der Waals surface area contributed by atoms with Crippen molar-refractivity contribution < 1.29 is 12.8 Å². The summed E-state index contributed by atoms with van der Waals surface area (Å²) in [5.41, 5.74) is 6.06. The van der Waals surface area contributed by atoms with Crippen molar-refractivity contribution in [2.24, 2.45) is 0 Å². The van der Waals surface area contributed by atoms with Gasteiger partial charge in [-0.1, -0.05) is 101 Å². The molecule has 0 spiro atoms. The average Bonchev–Trinajstić information content (AvgIpc) is 3.45. The fourth-order valence-corrected chi connectivity index (χ4v) is 7.56. The molecule has 0 saturated heterocycles. The van der Waals surface area contributed by atoms with Crippen LogP contribution in [-0.4, -0.2) is 8.42 Å². The number of benzene rings is 4. The summed E-state index contributed by atoms with van der Waals surface area (Å²) in [4.78, 5) is 0.222. The topological polar surface area (TPSA) is 50.5 Å². The zero-order valence-corrected chi connectivity index (χ0v) is 24.6. The van der Waals surface area contributed by atoms with E-state index in [1.807, 2.05) is 98.8 Å². The van der Waals surface area contributed by atoms with Gasteiger partial charge in [0.15, 0.2) is 0 Å². The van der Waals surface area contributed by atoms with Crippen molar-refractivity contribution >= 4 is 31.6 Å². The maximum Gasteiger partial charge on any atom is 0.265 e. The molecule has 0 fully saturated rings. The maximum atomic E-state index is 14.6. The molecule has 0 amide bonds. The lowest BCUT2D eigenvalue weighted by Gasteiger charge is -2.33. The highest BCUT2D eigenvalue weighted by Crippen LogP contribution is 2.57. The van der Waals surface area contributed by atoms with Crippen LogP contribution in [0.25, 0.3) is 11.3 Å². The quantitative estimate of drug-likeness (QED) is 0.180. The number of furan rings is 1. The largest absolute Gasteiger partial charge is 0.461 e. The Labute approximate surface area is 243 Å². The van der Waals surface area contributed by atoms with Gasteiger partial charge < -0.3 is 4.42 Å². The zero-order chi connectivity index (χ0) is 28.0. The molecule has 40 heavy (non-hydrogen) atoms. The Bertz CT molecular complexity index is 1790. The molecule has 2 atom stereocenters. The van der Waals surface area contributed by atoms with E-state index in [1.165, 1.54) is 4.31 Å². The van der Waals surface area contributed by atoms with Crippen LogP contribution in [0.5, 0.6) is 0 Å². The molecule has 0 aliphatic heterocycles. The van der Waals surface area contributed by atoms with Crippen molar-refractivity contribution in [3.63, 3.8) is 0 Å². The Balaban J connectivity index is 1.65. The molecule has 2 unspecified atom stereocenters. The third-order valence-corrected chi connectivity index (χ3v) is 9.85. The van der Waals surface area contributed by atoms with Crippen molar-refractivity contribution in [1.29, 1.82) is 0 Å². The highest BCUT2D eigenvalue weighted by atomic mass is 79.9. The Morgan fingerprint density at radius 1 is 0.775 bits per heavy atom. The van der Waals surface area contributed by atoms with Crippen molar-refractivity contribution in [2.75, 3.05) is 4.31 Å². The Morgan fingerprint density at radius 2 is 1.38 bits per heavy atom. The van der Waals surface area contributed by atoms with Crippen LogP contribution < -0.4 is 4.31 Å². The molecule has 6 rings (SSSR count). The lowest BCUT2D eigenvalue weighted by Crippen LogP contribution is -2.35. The van der Waals surface area contributed by atoms with E-state index in [0.29, 0.717) is 11.4 Å². The molecular weight excluding hydrogens is 582 g/mol. The van der Waals surface area contributed by atoms with Crippen LogP contribution in [0.3, 0.4) is 0 Å². The van der Waals surface area contributed by atoms with Crippen molar-refractivity contribution in [1.82, 2.24) is 0 Å². The zero-order valence-electron chi connectivity index (χ0n) is 22.2. The first kappa shape index (κ1) is 26.4. The molecule has 200 valence electrons. The molecule has 1 aliphatic rings. The molecule has 0 saturated carbocycles. The number of fused-ring (bicyclic) bond motifs is 1. The number of sulfonamides is 1. The first-order chi connectivity index (χ1) is 19.3. The molecule has 0 radical (unpaired) electrons. The van der Waals surface area contributed by atoms with E-state index in [9.17, 15) is 8.42 Å². The maximum absolute atomic E-state index is 14.6. The molecule has 0 bridgehead atoms. The SMILES string of the molecule is C=C1C(c2ccccc2)c2c(C)oc(-c3ccccc3)c2C1N(c1ccc(Br)cc1)S(=O)(=O)c1ccc(C)cc1. The predicted octanol–water partition coefficient (Wildman–Crippen LogP) is 8.96. The number of hydrogen-bond acceptors (Lipinski definition) is 3. The van der Waals surface area contributed by atoms with E-state index in [0.717, 1.165) is 43.6 Å². The minimum Gasteiger partial charge on any atom is -0.461 e. The number of nitrogens with zero attached hydrogens (tertiary/aromatic N) is 1. The third kappa shape index (κ3) is 4.41. The molecular formula is C34H28BrNO3S. The summed E-state index contributed by atoms with van der Waals surface area (Å²) in [6.07, 6.45) is 0. The second-order valence-electron chi connectivity index (χ2n) is 10.1. The van der Waals surface area contributed by atoms with Gasteiger partial charge in [-0.05, 0) is 61.4 Å². The number of halogens is 1. The van der Waals surface area contributed by atoms with Crippen LogP contribution >= 0.6 is 15.9 Å². The van der Waals surface area contributed by atoms with Gasteiger partial charge in [-0.3, -0.25) is 4.31 Å². The molecule has 0 N–H and O–H groups in total. The average molecular weight is 611 g/mol. The molecule has 1 heterocycles. The Hall–Kier alpha value is -3.87. The third-order valence-electron chi connectivity index (χ3n) is 7.52. The van der Waals surface area contributed by atoms with E-state index in [-0.39, 0.29) is 10.8 Å². The second-order valence-corrected chi connectivity index (χ2v) is 12.8. The minimum absolute atomic E-state index is 0.222. The molecule has 4 nitrogen and oxygen atoms in total. The van der Waals surface area contributed by atoms with Gasteiger partial charge >= 0.3 is 0 Å². The van der Waals surface area contributed by atoms with Gasteiger partial charge in [-0.25, -0.2) is 8.42 Å². The van der Waals surface area contributed by atoms with Gasteiger partial charge in [0.1, 0.15) is 11.5 Å². The number of anilines is 1. The van der Waals surface area contributed by atoms with Crippen molar-refractivity contribution in [2.45, 2.75) is 30.7 Å². The lowest BCUT2D eigenvalue weighted by atomic mass is 9.90. The first-order valence-corrected chi connectivity index (χ1v) is 15.3. The van der Waals surface area contributed by atoms with Gasteiger partial charge in [-0.2, -0.15) is 0 Å². The highest BCUT2D eigenvalue weighted by Gasteiger charge is 2.48. The summed E-state index contributed by atoms with van der Waals surface area (Å²) < 4.78 is 38.1. The first-order valence-electron chi connectivity index (χ1n) is 13.1. The van der Waals surface area contributed by atoms with Crippen LogP contribution in [0, 0.1) is 13.8 Å². The van der Waals surface area contributed by atoms with E-state index >= 15 is 0 Å². The van der Waals surface area contributed by atoms with Crippen LogP contribution in [-0.2, 0) is 10.0 Å². The Kier molecular flexibility index (Phi) is 6.77. The normalized spacial score (nSPS) is 16.6. The monoisotopic (exact) mass is 609 g/mol. The van der Waals surface area contributed by atoms with Gasteiger partial charge in [-0.15, -0.1) is 0 Å². The van der Waals surface area contributed by atoms with Crippen LogP contribution in [0.2, 0.25) is 0 Å². The summed E-state index contributed by atoms with van der Waals surface area (Å²) in [5, 5.41) is 0. The number of aryl methyl sites for hydroxylation is 2. The summed E-state index contributed by atoms with van der Waals surface area (Å²) in [7, 11) is -4.02. The molecule has 6 heteroatoms. The van der Waals surface area contributed by atoms with E-state index < -0.39 is 16.1 Å². The summed E-state index contributed by atoms with van der Waals surface area (Å²) in [6, 6.07) is 33.6. The van der Waals surface area contributed by atoms with Crippen molar-refractivity contribution in [3.8, 4) is 11.3 Å². The second kappa shape index (κ2) is 10.3. The summed E-state index contributed by atoms with van der Waals surface area (Å²) in [5.74, 6) is 1.20. The molecule has 5 aromatic rings. The van der Waals surface area contributed by atoms with Gasteiger partial charge in [0, 0.05) is 27.1 Å². The van der Waals surface area contributed by atoms with E-state index in [2.05, 4.69) is 34.6 Å². The number of rotatable bonds is 6. The Morgan fingerprint density at radius 3 is 2.00 bits per heavy atom. The molecule has 1 aliphatic carbocycles. The molecule has 1 aromatic heterocycles. The standard InChI is InChI=1S/C34H28BrNO3S/c1-22-14-20-29(21-15-22)40(37,38)36(28-18-16-27(35)17-19-28)33-23(2)30(25-10-6-4-7-11-25)31-24(3)39-34(32(31)33)26-12-8-5-9-13-26/h4-21,30,33H,2H2,1,3H3. The van der Waals surface area contributed by atoms with Crippen LogP contribution in [0.4, 0.5) is 5.69 Å². The lowest BCUT2D eigenvalue weighted by molar-refractivity contribution is 0.535. The fraction of sp³-hybridized carbons (Fsp3) is 0.118. The molecule has 4 aromatic carbocycles. The van der Waals surface area contributed by atoms with Gasteiger partial charge in [0.05, 0.1) is 16.6 Å². The smallest absolute Gasteiger partial charge is 0.265 e. The van der Waals surface area contributed by atoms with E-state index in [1.54, 1.807) is 12.1 Å². The van der Waals surface area contributed by atoms with Crippen LogP contribution in [0.15, 0.2) is 135 Å². The van der Waals surface area contributed by atoms with Gasteiger partial charge in [0.25, 0.3) is 10.0 Å². The predicted molar refractivity (Wildman–Crippen MR) is 164 cm³/mol. The number of hydrogen-bond donors (Lipinski definition) is 0. The summed E-state index contributed by atoms with van der Waals surface area (Å²) >= 11 is 3.50. The van der Waals surface area contributed by atoms with Crippen molar-refractivity contribution in [3.05, 3.63) is 154 Å². The highest BCUT2D eigenvalue weighted by molar-refractivity contribution is 9.10. The van der Waals surface area contributed by atoms with E-state index in [4.69, 9.17) is 4.42 Å².